The van der Waals surface area contributed by atoms with Crippen LogP contribution in [0.25, 0.3) is 0 Å². The molecule has 1 rings (SSSR count). The first kappa shape index (κ1) is 17.9. The van der Waals surface area contributed by atoms with Gasteiger partial charge in [-0.3, -0.25) is 4.79 Å². The molecule has 1 heterocycles. The van der Waals surface area contributed by atoms with Gasteiger partial charge in [0.2, 0.25) is 0 Å². The number of methoxy groups -OCH3 is 1. The molecule has 0 radical (unpaired) electrons. The van der Waals surface area contributed by atoms with Gasteiger partial charge < -0.3 is 14.4 Å². The Morgan fingerprint density at radius 1 is 1.48 bits per heavy atom. The molecule has 0 saturated heterocycles. The molecule has 1 aromatic rings. The van der Waals surface area contributed by atoms with E-state index in [1.807, 2.05) is 26.2 Å². The van der Waals surface area contributed by atoms with Crippen molar-refractivity contribution < 1.29 is 14.3 Å². The molecule has 5 nitrogen and oxygen atoms in total. The van der Waals surface area contributed by atoms with Crippen LogP contribution < -0.4 is 4.90 Å². The SMILES string of the molecule is CCOC(=O)C(C)(C)c1csc(N(CCOC)C(C)C)n1. The average molecular weight is 314 g/mol. The molecule has 0 saturated carbocycles. The normalized spacial score (nSPS) is 11.8. The summed E-state index contributed by atoms with van der Waals surface area (Å²) >= 11 is 1.55. The predicted molar refractivity (Wildman–Crippen MR) is 86.1 cm³/mol. The maximum absolute atomic E-state index is 12.1. The van der Waals surface area contributed by atoms with Gasteiger partial charge in [-0.2, -0.15) is 0 Å². The highest BCUT2D eigenvalue weighted by molar-refractivity contribution is 7.13. The molecule has 0 aliphatic carbocycles. The minimum Gasteiger partial charge on any atom is -0.465 e. The van der Waals surface area contributed by atoms with E-state index in [2.05, 4.69) is 23.7 Å². The van der Waals surface area contributed by atoms with Crippen LogP contribution >= 0.6 is 11.3 Å². The van der Waals surface area contributed by atoms with Crippen molar-refractivity contribution in [1.29, 1.82) is 0 Å². The van der Waals surface area contributed by atoms with E-state index in [0.29, 0.717) is 19.3 Å². The molecule has 0 N–H and O–H groups in total. The lowest BCUT2D eigenvalue weighted by Gasteiger charge is -2.26. The van der Waals surface area contributed by atoms with Crippen LogP contribution in [0.2, 0.25) is 0 Å². The first-order chi connectivity index (χ1) is 9.84. The summed E-state index contributed by atoms with van der Waals surface area (Å²) in [6, 6.07) is 0.324. The van der Waals surface area contributed by atoms with E-state index < -0.39 is 5.41 Å². The van der Waals surface area contributed by atoms with Gasteiger partial charge in [0.05, 0.1) is 18.9 Å². The van der Waals surface area contributed by atoms with Crippen molar-refractivity contribution in [1.82, 2.24) is 4.98 Å². The molecule has 21 heavy (non-hydrogen) atoms. The maximum atomic E-state index is 12.1. The Labute approximate surface area is 131 Å². The predicted octanol–water partition coefficient (Wildman–Crippen LogP) is 2.85. The highest BCUT2D eigenvalue weighted by Gasteiger charge is 2.34. The van der Waals surface area contributed by atoms with Crippen LogP contribution in [0.5, 0.6) is 0 Å². The minimum atomic E-state index is -0.728. The number of thiazole rings is 1. The van der Waals surface area contributed by atoms with Crippen molar-refractivity contribution in [2.45, 2.75) is 46.1 Å². The second-order valence-electron chi connectivity index (χ2n) is 5.64. The average Bonchev–Trinajstić information content (AvgIpc) is 2.89. The number of nitrogens with zero attached hydrogens (tertiary/aromatic N) is 2. The fourth-order valence-electron chi connectivity index (χ4n) is 1.86. The molecule has 6 heteroatoms. The molecule has 0 aromatic carbocycles. The summed E-state index contributed by atoms with van der Waals surface area (Å²) in [6.45, 7) is 11.5. The zero-order valence-electron chi connectivity index (χ0n) is 13.8. The van der Waals surface area contributed by atoms with Crippen molar-refractivity contribution in [2.75, 3.05) is 31.8 Å². The first-order valence-electron chi connectivity index (χ1n) is 7.23. The smallest absolute Gasteiger partial charge is 0.317 e. The Morgan fingerprint density at radius 3 is 2.67 bits per heavy atom. The first-order valence-corrected chi connectivity index (χ1v) is 8.11. The number of rotatable bonds is 8. The maximum Gasteiger partial charge on any atom is 0.317 e. The number of aromatic nitrogens is 1. The van der Waals surface area contributed by atoms with Gasteiger partial charge in [0.15, 0.2) is 5.13 Å². The molecule has 0 fully saturated rings. The van der Waals surface area contributed by atoms with E-state index in [-0.39, 0.29) is 5.97 Å². The molecule has 0 aliphatic heterocycles. The lowest BCUT2D eigenvalue weighted by Crippen LogP contribution is -2.34. The topological polar surface area (TPSA) is 51.7 Å². The molecule has 0 unspecified atom stereocenters. The van der Waals surface area contributed by atoms with E-state index >= 15 is 0 Å². The van der Waals surface area contributed by atoms with Crippen LogP contribution in [0, 0.1) is 0 Å². The highest BCUT2D eigenvalue weighted by atomic mass is 32.1. The van der Waals surface area contributed by atoms with Gasteiger partial charge in [-0.25, -0.2) is 4.98 Å². The quantitative estimate of drug-likeness (QED) is 0.691. The zero-order valence-corrected chi connectivity index (χ0v) is 14.6. The number of esters is 1. The molecular formula is C15H26N2O3S. The summed E-state index contributed by atoms with van der Waals surface area (Å²) in [5.41, 5.74) is 0.0262. The van der Waals surface area contributed by atoms with Crippen molar-refractivity contribution in [3.05, 3.63) is 11.1 Å². The lowest BCUT2D eigenvalue weighted by molar-refractivity contribution is -0.148. The van der Waals surface area contributed by atoms with Crippen LogP contribution in [-0.2, 0) is 19.7 Å². The van der Waals surface area contributed by atoms with Gasteiger partial charge in [0.25, 0.3) is 0 Å². The van der Waals surface area contributed by atoms with Crippen LogP contribution in [0.1, 0.15) is 40.3 Å². The number of ether oxygens (including phenoxy) is 2. The Hall–Kier alpha value is -1.14. The Kier molecular flexibility index (Phi) is 6.61. The van der Waals surface area contributed by atoms with Crippen molar-refractivity contribution in [3.63, 3.8) is 0 Å². The summed E-state index contributed by atoms with van der Waals surface area (Å²) in [5, 5.41) is 2.85. The Balaban J connectivity index is 2.95. The molecule has 0 aliphatic rings. The van der Waals surface area contributed by atoms with Crippen molar-refractivity contribution in [2.24, 2.45) is 0 Å². The van der Waals surface area contributed by atoms with E-state index in [1.165, 1.54) is 0 Å². The molecule has 0 spiro atoms. The third-order valence-corrected chi connectivity index (χ3v) is 4.20. The lowest BCUT2D eigenvalue weighted by atomic mass is 9.90. The van der Waals surface area contributed by atoms with E-state index in [4.69, 9.17) is 9.47 Å². The number of hydrogen-bond acceptors (Lipinski definition) is 6. The fraction of sp³-hybridized carbons (Fsp3) is 0.733. The fourth-order valence-corrected chi connectivity index (χ4v) is 3.02. The monoisotopic (exact) mass is 314 g/mol. The minimum absolute atomic E-state index is 0.241. The number of carbonyl (C=O) groups is 1. The van der Waals surface area contributed by atoms with Crippen LogP contribution in [0.4, 0.5) is 5.13 Å². The summed E-state index contributed by atoms with van der Waals surface area (Å²) in [4.78, 5) is 18.9. The summed E-state index contributed by atoms with van der Waals surface area (Å²) in [6.07, 6.45) is 0. The van der Waals surface area contributed by atoms with E-state index in [9.17, 15) is 4.79 Å². The van der Waals surface area contributed by atoms with Gasteiger partial charge in [-0.15, -0.1) is 11.3 Å². The Bertz CT molecular complexity index is 458. The molecule has 0 amide bonds. The number of anilines is 1. The summed E-state index contributed by atoms with van der Waals surface area (Å²) in [5.74, 6) is -0.241. The third-order valence-electron chi connectivity index (χ3n) is 3.32. The third kappa shape index (κ3) is 4.41. The molecule has 120 valence electrons. The summed E-state index contributed by atoms with van der Waals surface area (Å²) in [7, 11) is 1.69. The van der Waals surface area contributed by atoms with Crippen LogP contribution in [0.3, 0.4) is 0 Å². The van der Waals surface area contributed by atoms with Crippen LogP contribution in [0.15, 0.2) is 5.38 Å². The van der Waals surface area contributed by atoms with Gasteiger partial charge in [0, 0.05) is 25.1 Å². The zero-order chi connectivity index (χ0) is 16.0. The van der Waals surface area contributed by atoms with Gasteiger partial charge >= 0.3 is 5.97 Å². The molecule has 1 aromatic heterocycles. The van der Waals surface area contributed by atoms with Gasteiger partial charge in [-0.1, -0.05) is 0 Å². The molecule has 0 bridgehead atoms. The van der Waals surface area contributed by atoms with Gasteiger partial charge in [0.1, 0.15) is 5.41 Å². The van der Waals surface area contributed by atoms with E-state index in [0.717, 1.165) is 17.4 Å². The highest BCUT2D eigenvalue weighted by Crippen LogP contribution is 2.30. The van der Waals surface area contributed by atoms with Crippen molar-refractivity contribution >= 4 is 22.4 Å². The van der Waals surface area contributed by atoms with Gasteiger partial charge in [-0.05, 0) is 34.6 Å². The second kappa shape index (κ2) is 7.75. The Morgan fingerprint density at radius 2 is 2.14 bits per heavy atom. The number of hydrogen-bond donors (Lipinski definition) is 0. The van der Waals surface area contributed by atoms with Crippen molar-refractivity contribution in [3.8, 4) is 0 Å². The second-order valence-corrected chi connectivity index (χ2v) is 6.48. The molecule has 0 atom stereocenters. The van der Waals surface area contributed by atoms with Crippen LogP contribution in [-0.4, -0.2) is 43.9 Å². The number of carbonyl (C=O) groups excluding carboxylic acids is 1. The van der Waals surface area contributed by atoms with E-state index in [1.54, 1.807) is 18.4 Å². The summed E-state index contributed by atoms with van der Waals surface area (Å²) < 4.78 is 10.3. The standard InChI is InChI=1S/C15H26N2O3S/c1-7-20-13(18)15(4,5)12-10-21-14(16-12)17(11(2)3)8-9-19-6/h10-11H,7-9H2,1-6H3. The largest absolute Gasteiger partial charge is 0.465 e. The molecular weight excluding hydrogens is 288 g/mol.